The van der Waals surface area contributed by atoms with E-state index in [1.807, 2.05) is 59.3 Å². The van der Waals surface area contributed by atoms with Gasteiger partial charge in [-0.15, -0.1) is 4.91 Å². The van der Waals surface area contributed by atoms with Crippen LogP contribution in [-0.2, 0) is 0 Å². The summed E-state index contributed by atoms with van der Waals surface area (Å²) in [6.45, 7) is 2.46. The van der Waals surface area contributed by atoms with Gasteiger partial charge >= 0.3 is 0 Å². The molecule has 32 heavy (non-hydrogen) atoms. The molecule has 0 bridgehead atoms. The Bertz CT molecular complexity index is 1130. The van der Waals surface area contributed by atoms with Crippen LogP contribution in [0.15, 0.2) is 59.9 Å². The second kappa shape index (κ2) is 8.81. The van der Waals surface area contributed by atoms with Crippen LogP contribution in [0.25, 0.3) is 11.3 Å². The first-order valence-electron chi connectivity index (χ1n) is 11.0. The highest BCUT2D eigenvalue weighted by Gasteiger charge is 2.36. The number of aromatic nitrogens is 2. The molecule has 1 fully saturated rings. The molecule has 162 valence electrons. The summed E-state index contributed by atoms with van der Waals surface area (Å²) in [6.07, 6.45) is 2.90. The number of hydrogen-bond donors (Lipinski definition) is 1. The van der Waals surface area contributed by atoms with Gasteiger partial charge in [0.2, 0.25) is 0 Å². The summed E-state index contributed by atoms with van der Waals surface area (Å²) in [6, 6.07) is 19.5. The van der Waals surface area contributed by atoms with Crippen LogP contribution in [0.2, 0.25) is 0 Å². The Balaban J connectivity index is 1.50. The van der Waals surface area contributed by atoms with Gasteiger partial charge in [0.1, 0.15) is 28.8 Å². The zero-order valence-corrected chi connectivity index (χ0v) is 17.6. The maximum Gasteiger partial charge on any atom is 0.169 e. The monoisotopic (exact) mass is 428 g/mol. The molecule has 0 spiro atoms. The van der Waals surface area contributed by atoms with Crippen molar-refractivity contribution in [2.24, 2.45) is 11.2 Å². The minimum atomic E-state index is 0.159. The van der Waals surface area contributed by atoms with E-state index in [0.29, 0.717) is 35.3 Å². The molecule has 1 saturated heterocycles. The van der Waals surface area contributed by atoms with E-state index in [2.05, 4.69) is 16.7 Å². The fraction of sp³-hybridized carbons (Fsp3) is 0.333. The lowest BCUT2D eigenvalue weighted by atomic mass is 9.87. The molecular weight excluding hydrogens is 404 g/mol. The number of rotatable bonds is 5. The first kappa shape index (κ1) is 20.2. The highest BCUT2D eigenvalue weighted by molar-refractivity contribution is 5.74. The number of nitriles is 1. The topological polar surface area (TPSA) is 95.5 Å². The second-order valence-corrected chi connectivity index (χ2v) is 8.19. The number of anilines is 1. The van der Waals surface area contributed by atoms with Crippen LogP contribution in [-0.4, -0.2) is 29.4 Å². The van der Waals surface area contributed by atoms with Crippen molar-refractivity contribution in [2.45, 2.75) is 25.3 Å². The molecule has 0 amide bonds. The standard InChI is InChI=1S/C24H24N6O2/c25-16-21-23(18-6-8-20(9-7-18)32-19-4-2-1-3-5-19)27-30-22(17-10-13-26-14-11-17)12-15-29(28-31)24(21)30/h1-9,17,22,26H,10-15H2. The third kappa shape index (κ3) is 3.72. The van der Waals surface area contributed by atoms with E-state index >= 15 is 0 Å². The van der Waals surface area contributed by atoms with Crippen LogP contribution in [0.3, 0.4) is 0 Å². The van der Waals surface area contributed by atoms with Gasteiger partial charge in [-0.25, -0.2) is 9.69 Å². The number of piperidine rings is 1. The number of nitrogens with one attached hydrogen (secondary N) is 1. The van der Waals surface area contributed by atoms with Crippen molar-refractivity contribution < 1.29 is 4.74 Å². The molecule has 0 aliphatic carbocycles. The molecule has 5 rings (SSSR count). The van der Waals surface area contributed by atoms with Crippen molar-refractivity contribution in [1.29, 1.82) is 5.26 Å². The van der Waals surface area contributed by atoms with E-state index in [1.165, 1.54) is 5.01 Å². The van der Waals surface area contributed by atoms with Gasteiger partial charge in [-0.05, 0) is 74.7 Å². The van der Waals surface area contributed by atoms with E-state index in [4.69, 9.17) is 9.84 Å². The SMILES string of the molecule is N#Cc1c(-c2ccc(Oc3ccccc3)cc2)nn2c1N(N=O)CCC2C1CCNCC1. The molecule has 8 nitrogen and oxygen atoms in total. The lowest BCUT2D eigenvalue weighted by Crippen LogP contribution is -2.38. The minimum Gasteiger partial charge on any atom is -0.457 e. The van der Waals surface area contributed by atoms with Crippen molar-refractivity contribution in [3.8, 4) is 28.8 Å². The largest absolute Gasteiger partial charge is 0.457 e. The lowest BCUT2D eigenvalue weighted by molar-refractivity contribution is 0.224. The number of nitroso groups, excluding NO2 is 1. The van der Waals surface area contributed by atoms with Crippen molar-refractivity contribution in [3.63, 3.8) is 0 Å². The molecule has 3 aromatic rings. The lowest BCUT2D eigenvalue weighted by Gasteiger charge is -2.36. The fourth-order valence-corrected chi connectivity index (χ4v) is 4.74. The summed E-state index contributed by atoms with van der Waals surface area (Å²) in [4.78, 5) is 11.5. The molecule has 1 aromatic heterocycles. The van der Waals surface area contributed by atoms with Crippen molar-refractivity contribution in [3.05, 3.63) is 65.1 Å². The zero-order chi connectivity index (χ0) is 21.9. The molecule has 3 heterocycles. The number of benzene rings is 2. The van der Waals surface area contributed by atoms with Gasteiger partial charge in [0, 0.05) is 12.1 Å². The van der Waals surface area contributed by atoms with Crippen LogP contribution in [0, 0.1) is 22.2 Å². The Morgan fingerprint density at radius 3 is 2.44 bits per heavy atom. The third-order valence-electron chi connectivity index (χ3n) is 6.33. The van der Waals surface area contributed by atoms with Crippen LogP contribution in [0.1, 0.15) is 30.9 Å². The highest BCUT2D eigenvalue weighted by atomic mass is 16.5. The predicted molar refractivity (Wildman–Crippen MR) is 121 cm³/mol. The summed E-state index contributed by atoms with van der Waals surface area (Å²) in [5.74, 6) is 2.43. The maximum atomic E-state index is 11.5. The van der Waals surface area contributed by atoms with Gasteiger partial charge in [0.15, 0.2) is 5.82 Å². The molecule has 0 saturated carbocycles. The quantitative estimate of drug-likeness (QED) is 0.595. The Kier molecular flexibility index (Phi) is 5.57. The first-order valence-corrected chi connectivity index (χ1v) is 11.0. The smallest absolute Gasteiger partial charge is 0.169 e. The average Bonchev–Trinajstić information content (AvgIpc) is 3.25. The third-order valence-corrected chi connectivity index (χ3v) is 6.33. The molecule has 1 atom stereocenters. The van der Waals surface area contributed by atoms with E-state index in [1.54, 1.807) is 0 Å². The van der Waals surface area contributed by atoms with Gasteiger partial charge in [-0.2, -0.15) is 10.4 Å². The molecule has 2 aliphatic heterocycles. The van der Waals surface area contributed by atoms with E-state index in [9.17, 15) is 10.2 Å². The summed E-state index contributed by atoms with van der Waals surface area (Å²) >= 11 is 0. The van der Waals surface area contributed by atoms with Crippen molar-refractivity contribution >= 4 is 5.82 Å². The number of ether oxygens (including phenoxy) is 1. The highest BCUT2D eigenvalue weighted by Crippen LogP contribution is 2.41. The average molecular weight is 428 g/mol. The van der Waals surface area contributed by atoms with Gasteiger partial charge in [-0.3, -0.25) is 0 Å². The van der Waals surface area contributed by atoms with Crippen molar-refractivity contribution in [2.75, 3.05) is 24.6 Å². The predicted octanol–water partition coefficient (Wildman–Crippen LogP) is 4.65. The van der Waals surface area contributed by atoms with Crippen molar-refractivity contribution in [1.82, 2.24) is 15.1 Å². The second-order valence-electron chi connectivity index (χ2n) is 8.19. The molecule has 8 heteroatoms. The summed E-state index contributed by atoms with van der Waals surface area (Å²) in [5, 5.41) is 22.8. The number of hydrogen-bond acceptors (Lipinski definition) is 6. The van der Waals surface area contributed by atoms with Gasteiger partial charge in [-0.1, -0.05) is 18.2 Å². The molecule has 2 aliphatic rings. The number of fused-ring (bicyclic) bond motifs is 1. The zero-order valence-electron chi connectivity index (χ0n) is 17.6. The maximum absolute atomic E-state index is 11.5. The fourth-order valence-electron chi connectivity index (χ4n) is 4.74. The summed E-state index contributed by atoms with van der Waals surface area (Å²) in [7, 11) is 0. The van der Waals surface area contributed by atoms with Crippen LogP contribution in [0.4, 0.5) is 5.82 Å². The molecule has 2 aromatic carbocycles. The Morgan fingerprint density at radius 1 is 1.03 bits per heavy atom. The van der Waals surface area contributed by atoms with E-state index in [-0.39, 0.29) is 6.04 Å². The number of nitrogens with zero attached hydrogens (tertiary/aromatic N) is 5. The summed E-state index contributed by atoms with van der Waals surface area (Å²) < 4.78 is 7.75. The molecule has 0 radical (unpaired) electrons. The van der Waals surface area contributed by atoms with Crippen LogP contribution in [0.5, 0.6) is 11.5 Å². The van der Waals surface area contributed by atoms with Crippen LogP contribution >= 0.6 is 0 Å². The molecular formula is C24H24N6O2. The normalized spacial score (nSPS) is 18.6. The first-order chi connectivity index (χ1) is 15.8. The Labute approximate surface area is 186 Å². The van der Waals surface area contributed by atoms with E-state index in [0.717, 1.165) is 43.7 Å². The Morgan fingerprint density at radius 2 is 1.75 bits per heavy atom. The van der Waals surface area contributed by atoms with Gasteiger partial charge in [0.25, 0.3) is 0 Å². The Hall–Kier alpha value is -3.70. The molecule has 1 unspecified atom stereocenters. The van der Waals surface area contributed by atoms with Crippen LogP contribution < -0.4 is 15.1 Å². The number of para-hydroxylation sites is 1. The van der Waals surface area contributed by atoms with E-state index < -0.39 is 0 Å². The minimum absolute atomic E-state index is 0.159. The van der Waals surface area contributed by atoms with Gasteiger partial charge < -0.3 is 10.1 Å². The molecule has 1 N–H and O–H groups in total. The summed E-state index contributed by atoms with van der Waals surface area (Å²) in [5.41, 5.74) is 1.77. The van der Waals surface area contributed by atoms with Gasteiger partial charge in [0.05, 0.1) is 11.3 Å².